The molecule has 0 aliphatic heterocycles. The molecule has 0 unspecified atom stereocenters. The van der Waals surface area contributed by atoms with Crippen LogP contribution in [0.4, 0.5) is 0 Å². The first kappa shape index (κ1) is 14.5. The number of methoxy groups -OCH3 is 1. The van der Waals surface area contributed by atoms with Crippen molar-refractivity contribution in [3.8, 4) is 5.75 Å². The van der Waals surface area contributed by atoms with E-state index in [4.69, 9.17) is 10.5 Å². The summed E-state index contributed by atoms with van der Waals surface area (Å²) < 4.78 is 6.33. The van der Waals surface area contributed by atoms with Crippen molar-refractivity contribution < 1.29 is 4.74 Å². The maximum atomic E-state index is 6.20. The summed E-state index contributed by atoms with van der Waals surface area (Å²) in [6.45, 7) is 0. The van der Waals surface area contributed by atoms with Crippen LogP contribution in [0.2, 0.25) is 0 Å². The van der Waals surface area contributed by atoms with Crippen LogP contribution in [0.25, 0.3) is 0 Å². The van der Waals surface area contributed by atoms with Crippen LogP contribution in [-0.4, -0.2) is 7.11 Å². The van der Waals surface area contributed by atoms with E-state index >= 15 is 0 Å². The third-order valence-electron chi connectivity index (χ3n) is 2.43. The summed E-state index contributed by atoms with van der Waals surface area (Å²) in [5.74, 6) is 0.813. The largest absolute Gasteiger partial charge is 0.496 e. The molecule has 0 saturated carbocycles. The van der Waals surface area contributed by atoms with E-state index < -0.39 is 0 Å². The van der Waals surface area contributed by atoms with E-state index in [0.29, 0.717) is 0 Å². The first-order valence-electron chi connectivity index (χ1n) is 4.83. The molecule has 0 saturated heterocycles. The fourth-order valence-corrected chi connectivity index (χ4v) is 2.61. The van der Waals surface area contributed by atoms with E-state index in [2.05, 4.69) is 21.3 Å². The molecule has 1 aromatic carbocycles. The van der Waals surface area contributed by atoms with Gasteiger partial charge in [-0.15, -0.1) is 12.4 Å². The summed E-state index contributed by atoms with van der Waals surface area (Å²) in [5, 5.41) is 4.09. The second kappa shape index (κ2) is 6.40. The smallest absolute Gasteiger partial charge is 0.125 e. The van der Waals surface area contributed by atoms with Crippen LogP contribution in [0.15, 0.2) is 39.5 Å². The molecule has 2 nitrogen and oxygen atoms in total. The minimum atomic E-state index is -0.130. The first-order valence-corrected chi connectivity index (χ1v) is 6.57. The Morgan fingerprint density at radius 1 is 1.35 bits per heavy atom. The predicted octanol–water partition coefficient (Wildman–Crippen LogP) is 3.99. The second-order valence-corrected chi connectivity index (χ2v) is 5.12. The Labute approximate surface area is 119 Å². The third kappa shape index (κ3) is 3.22. The van der Waals surface area contributed by atoms with Gasteiger partial charge in [-0.1, -0.05) is 22.0 Å². The highest BCUT2D eigenvalue weighted by atomic mass is 79.9. The number of ether oxygens (including phenoxy) is 1. The van der Waals surface area contributed by atoms with Crippen LogP contribution in [-0.2, 0) is 0 Å². The van der Waals surface area contributed by atoms with Gasteiger partial charge in [0.25, 0.3) is 0 Å². The Hall–Kier alpha value is -0.550. The molecule has 5 heteroatoms. The topological polar surface area (TPSA) is 35.2 Å². The number of hydrogen-bond acceptors (Lipinski definition) is 3. The summed E-state index contributed by atoms with van der Waals surface area (Å²) >= 11 is 5.07. The van der Waals surface area contributed by atoms with Crippen molar-refractivity contribution in [2.24, 2.45) is 5.73 Å². The lowest BCUT2D eigenvalue weighted by atomic mass is 10.0. The highest BCUT2D eigenvalue weighted by Gasteiger charge is 2.14. The third-order valence-corrected chi connectivity index (χ3v) is 3.63. The van der Waals surface area contributed by atoms with Gasteiger partial charge in [0.05, 0.1) is 13.2 Å². The first-order chi connectivity index (χ1) is 7.72. The van der Waals surface area contributed by atoms with Crippen molar-refractivity contribution in [3.05, 3.63) is 50.6 Å². The molecule has 0 aliphatic carbocycles. The lowest BCUT2D eigenvalue weighted by molar-refractivity contribution is 0.407. The molecule has 0 amide bonds. The molecule has 1 heterocycles. The molecule has 2 N–H and O–H groups in total. The molecule has 92 valence electrons. The zero-order valence-electron chi connectivity index (χ0n) is 9.22. The number of halogens is 2. The molecule has 0 bridgehead atoms. The summed E-state index contributed by atoms with van der Waals surface area (Å²) in [5.41, 5.74) is 8.32. The Morgan fingerprint density at radius 2 is 2.12 bits per heavy atom. The van der Waals surface area contributed by atoms with Gasteiger partial charge in [-0.3, -0.25) is 0 Å². The van der Waals surface area contributed by atoms with Crippen molar-refractivity contribution in [2.75, 3.05) is 7.11 Å². The number of rotatable bonds is 3. The van der Waals surface area contributed by atoms with E-state index in [0.717, 1.165) is 21.3 Å². The normalized spacial score (nSPS) is 11.7. The average molecular weight is 335 g/mol. The maximum absolute atomic E-state index is 6.20. The quantitative estimate of drug-likeness (QED) is 0.921. The number of thiophene rings is 1. The van der Waals surface area contributed by atoms with Gasteiger partial charge in [-0.05, 0) is 34.5 Å². The molecule has 0 radical (unpaired) electrons. The Kier molecular flexibility index (Phi) is 5.46. The van der Waals surface area contributed by atoms with Crippen LogP contribution in [0, 0.1) is 0 Å². The van der Waals surface area contributed by atoms with Crippen molar-refractivity contribution >= 4 is 39.7 Å². The van der Waals surface area contributed by atoms with Crippen molar-refractivity contribution in [1.82, 2.24) is 0 Å². The number of benzene rings is 1. The van der Waals surface area contributed by atoms with Crippen LogP contribution in [0.3, 0.4) is 0 Å². The zero-order valence-corrected chi connectivity index (χ0v) is 12.4. The fourth-order valence-electron chi connectivity index (χ4n) is 1.57. The van der Waals surface area contributed by atoms with Crippen LogP contribution >= 0.6 is 39.7 Å². The lowest BCUT2D eigenvalue weighted by Crippen LogP contribution is -2.12. The van der Waals surface area contributed by atoms with Gasteiger partial charge in [-0.25, -0.2) is 0 Å². The summed E-state index contributed by atoms with van der Waals surface area (Å²) in [6, 6.07) is 7.81. The van der Waals surface area contributed by atoms with Crippen LogP contribution < -0.4 is 10.5 Å². The molecule has 2 rings (SSSR count). The predicted molar refractivity (Wildman–Crippen MR) is 78.3 cm³/mol. The molecule has 17 heavy (non-hydrogen) atoms. The van der Waals surface area contributed by atoms with E-state index in [1.165, 1.54) is 0 Å². The highest BCUT2D eigenvalue weighted by molar-refractivity contribution is 9.10. The molecule has 1 aromatic heterocycles. The zero-order chi connectivity index (χ0) is 11.5. The van der Waals surface area contributed by atoms with E-state index in [1.54, 1.807) is 18.4 Å². The maximum Gasteiger partial charge on any atom is 0.125 e. The molecule has 2 aromatic rings. The molecular weight excluding hydrogens is 322 g/mol. The van der Waals surface area contributed by atoms with Crippen LogP contribution in [0.1, 0.15) is 17.2 Å². The fraction of sp³-hybridized carbons (Fsp3) is 0.167. The number of nitrogens with two attached hydrogens (primary N) is 1. The van der Waals surface area contributed by atoms with E-state index in [1.807, 2.05) is 29.6 Å². The van der Waals surface area contributed by atoms with Gasteiger partial charge in [0, 0.05) is 10.0 Å². The molecular formula is C12H13BrClNOS. The van der Waals surface area contributed by atoms with Crippen molar-refractivity contribution in [3.63, 3.8) is 0 Å². The van der Waals surface area contributed by atoms with Gasteiger partial charge in [0.1, 0.15) is 5.75 Å². The Morgan fingerprint density at radius 3 is 2.71 bits per heavy atom. The summed E-state index contributed by atoms with van der Waals surface area (Å²) in [4.78, 5) is 0. The lowest BCUT2D eigenvalue weighted by Gasteiger charge is -2.15. The Balaban J connectivity index is 0.00000144. The van der Waals surface area contributed by atoms with Crippen molar-refractivity contribution in [1.29, 1.82) is 0 Å². The number of hydrogen-bond donors (Lipinski definition) is 1. The Bertz CT molecular complexity index is 475. The minimum Gasteiger partial charge on any atom is -0.496 e. The molecule has 0 aliphatic rings. The summed E-state index contributed by atoms with van der Waals surface area (Å²) in [6.07, 6.45) is 0. The second-order valence-electron chi connectivity index (χ2n) is 3.42. The minimum absolute atomic E-state index is 0. The van der Waals surface area contributed by atoms with Gasteiger partial charge in [0.2, 0.25) is 0 Å². The molecule has 0 fully saturated rings. The average Bonchev–Trinajstić information content (AvgIpc) is 2.81. The molecule has 0 spiro atoms. The van der Waals surface area contributed by atoms with Gasteiger partial charge in [0.15, 0.2) is 0 Å². The van der Waals surface area contributed by atoms with E-state index in [-0.39, 0.29) is 18.4 Å². The summed E-state index contributed by atoms with van der Waals surface area (Å²) in [7, 11) is 1.66. The monoisotopic (exact) mass is 333 g/mol. The van der Waals surface area contributed by atoms with Crippen LogP contribution in [0.5, 0.6) is 5.75 Å². The van der Waals surface area contributed by atoms with Gasteiger partial charge >= 0.3 is 0 Å². The highest BCUT2D eigenvalue weighted by Crippen LogP contribution is 2.31. The van der Waals surface area contributed by atoms with Crippen molar-refractivity contribution in [2.45, 2.75) is 6.04 Å². The standard InChI is InChI=1S/C12H12BrNOS.ClH/c1-15-11-6-9(13)2-3-10(11)12(14)8-4-5-16-7-8;/h2-7,12H,14H2,1H3;1H/t12-;/m0./s1. The van der Waals surface area contributed by atoms with Gasteiger partial charge in [-0.2, -0.15) is 11.3 Å². The SMILES string of the molecule is COc1cc(Br)ccc1[C@@H](N)c1ccsc1.Cl. The molecule has 1 atom stereocenters. The van der Waals surface area contributed by atoms with Gasteiger partial charge < -0.3 is 10.5 Å². The van der Waals surface area contributed by atoms with E-state index in [9.17, 15) is 0 Å².